The van der Waals surface area contributed by atoms with Crippen molar-refractivity contribution < 1.29 is 0 Å². The van der Waals surface area contributed by atoms with Crippen molar-refractivity contribution in [2.24, 2.45) is 5.73 Å². The Morgan fingerprint density at radius 1 is 1.40 bits per heavy atom. The SMILES string of the molecule is Cc1ccc(CN2CCC(N)CC2)nc1. The molecule has 2 rings (SSSR count). The van der Waals surface area contributed by atoms with E-state index >= 15 is 0 Å². The van der Waals surface area contributed by atoms with Crippen molar-refractivity contribution in [3.05, 3.63) is 29.6 Å². The summed E-state index contributed by atoms with van der Waals surface area (Å²) in [5, 5.41) is 0. The summed E-state index contributed by atoms with van der Waals surface area (Å²) >= 11 is 0. The maximum atomic E-state index is 5.87. The first kappa shape index (κ1) is 10.6. The molecule has 0 aromatic carbocycles. The van der Waals surface area contributed by atoms with Crippen LogP contribution in [0, 0.1) is 6.92 Å². The van der Waals surface area contributed by atoms with Gasteiger partial charge in [-0.2, -0.15) is 0 Å². The molecule has 2 heterocycles. The van der Waals surface area contributed by atoms with Gasteiger partial charge < -0.3 is 5.73 Å². The van der Waals surface area contributed by atoms with Crippen molar-refractivity contribution >= 4 is 0 Å². The van der Waals surface area contributed by atoms with Crippen LogP contribution in [-0.2, 0) is 6.54 Å². The van der Waals surface area contributed by atoms with E-state index in [9.17, 15) is 0 Å². The summed E-state index contributed by atoms with van der Waals surface area (Å²) in [6.45, 7) is 5.25. The third-order valence-electron chi connectivity index (χ3n) is 2.99. The molecule has 1 saturated heterocycles. The molecular formula is C12H19N3. The first-order valence-electron chi connectivity index (χ1n) is 5.63. The highest BCUT2D eigenvalue weighted by Gasteiger charge is 2.15. The van der Waals surface area contributed by atoms with Gasteiger partial charge in [-0.1, -0.05) is 6.07 Å². The molecule has 0 spiro atoms. The van der Waals surface area contributed by atoms with Gasteiger partial charge in [-0.3, -0.25) is 9.88 Å². The fraction of sp³-hybridized carbons (Fsp3) is 0.583. The number of aryl methyl sites for hydroxylation is 1. The number of nitrogens with two attached hydrogens (primary N) is 1. The molecular weight excluding hydrogens is 186 g/mol. The van der Waals surface area contributed by atoms with Gasteiger partial charge in [0.25, 0.3) is 0 Å². The van der Waals surface area contributed by atoms with Crippen molar-refractivity contribution in [3.8, 4) is 0 Å². The van der Waals surface area contributed by atoms with E-state index in [0.29, 0.717) is 6.04 Å². The van der Waals surface area contributed by atoms with Gasteiger partial charge in [0, 0.05) is 31.9 Å². The number of likely N-dealkylation sites (tertiary alicyclic amines) is 1. The monoisotopic (exact) mass is 205 g/mol. The predicted octanol–water partition coefficient (Wildman–Crippen LogP) is 1.31. The van der Waals surface area contributed by atoms with Gasteiger partial charge >= 0.3 is 0 Å². The molecule has 3 nitrogen and oxygen atoms in total. The number of hydrogen-bond donors (Lipinski definition) is 1. The molecule has 0 saturated carbocycles. The zero-order valence-electron chi connectivity index (χ0n) is 9.32. The van der Waals surface area contributed by atoms with Crippen molar-refractivity contribution in [2.45, 2.75) is 32.4 Å². The van der Waals surface area contributed by atoms with E-state index < -0.39 is 0 Å². The van der Waals surface area contributed by atoms with E-state index in [4.69, 9.17) is 5.73 Å². The maximum Gasteiger partial charge on any atom is 0.0544 e. The van der Waals surface area contributed by atoms with E-state index in [-0.39, 0.29) is 0 Å². The normalized spacial score (nSPS) is 19.3. The van der Waals surface area contributed by atoms with Crippen molar-refractivity contribution in [3.63, 3.8) is 0 Å². The smallest absolute Gasteiger partial charge is 0.0544 e. The average Bonchev–Trinajstić information content (AvgIpc) is 2.25. The summed E-state index contributed by atoms with van der Waals surface area (Å²) in [5.74, 6) is 0. The Kier molecular flexibility index (Phi) is 3.34. The summed E-state index contributed by atoms with van der Waals surface area (Å²) in [7, 11) is 0. The lowest BCUT2D eigenvalue weighted by atomic mass is 10.1. The van der Waals surface area contributed by atoms with E-state index in [1.807, 2.05) is 6.20 Å². The molecule has 3 heteroatoms. The molecule has 0 bridgehead atoms. The Labute approximate surface area is 91.3 Å². The van der Waals surface area contributed by atoms with Crippen LogP contribution in [0.3, 0.4) is 0 Å². The molecule has 82 valence electrons. The third-order valence-corrected chi connectivity index (χ3v) is 2.99. The summed E-state index contributed by atoms with van der Waals surface area (Å²) in [6.07, 6.45) is 4.17. The van der Waals surface area contributed by atoms with Crippen LogP contribution >= 0.6 is 0 Å². The molecule has 0 atom stereocenters. The molecule has 1 aliphatic rings. The second-order valence-electron chi connectivity index (χ2n) is 4.44. The number of rotatable bonds is 2. The highest BCUT2D eigenvalue weighted by Crippen LogP contribution is 2.11. The lowest BCUT2D eigenvalue weighted by Gasteiger charge is -2.29. The molecule has 0 radical (unpaired) electrons. The molecule has 15 heavy (non-hydrogen) atoms. The molecule has 1 fully saturated rings. The number of nitrogens with zero attached hydrogens (tertiary/aromatic N) is 2. The van der Waals surface area contributed by atoms with Crippen molar-refractivity contribution in [1.29, 1.82) is 0 Å². The molecule has 1 aromatic rings. The predicted molar refractivity (Wildman–Crippen MR) is 61.5 cm³/mol. The first-order valence-corrected chi connectivity index (χ1v) is 5.63. The molecule has 1 aromatic heterocycles. The summed E-state index contributed by atoms with van der Waals surface area (Å²) in [4.78, 5) is 6.85. The molecule has 0 amide bonds. The number of pyridine rings is 1. The minimum atomic E-state index is 0.409. The first-order chi connectivity index (χ1) is 7.24. The van der Waals surface area contributed by atoms with E-state index in [1.165, 1.54) is 5.56 Å². The van der Waals surface area contributed by atoms with Gasteiger partial charge in [0.05, 0.1) is 5.69 Å². The zero-order chi connectivity index (χ0) is 10.7. The van der Waals surface area contributed by atoms with Gasteiger partial charge in [0.2, 0.25) is 0 Å². The average molecular weight is 205 g/mol. The minimum absolute atomic E-state index is 0.409. The largest absolute Gasteiger partial charge is 0.328 e. The Balaban J connectivity index is 1.89. The van der Waals surface area contributed by atoms with Crippen LogP contribution in [0.15, 0.2) is 18.3 Å². The Hall–Kier alpha value is -0.930. The van der Waals surface area contributed by atoms with Gasteiger partial charge in [-0.15, -0.1) is 0 Å². The standard InChI is InChI=1S/C12H19N3/c1-10-2-3-12(14-8-10)9-15-6-4-11(13)5-7-15/h2-3,8,11H,4-7,9,13H2,1H3. The molecule has 0 unspecified atom stereocenters. The van der Waals surface area contributed by atoms with E-state index in [1.54, 1.807) is 0 Å². The second kappa shape index (κ2) is 4.73. The Morgan fingerprint density at radius 2 is 2.13 bits per heavy atom. The van der Waals surface area contributed by atoms with Crippen LogP contribution in [0.2, 0.25) is 0 Å². The lowest BCUT2D eigenvalue weighted by Crippen LogP contribution is -2.39. The van der Waals surface area contributed by atoms with Gasteiger partial charge in [0.1, 0.15) is 0 Å². The number of aromatic nitrogens is 1. The quantitative estimate of drug-likeness (QED) is 0.791. The fourth-order valence-corrected chi connectivity index (χ4v) is 1.93. The summed E-state index contributed by atoms with van der Waals surface area (Å²) < 4.78 is 0. The number of hydrogen-bond acceptors (Lipinski definition) is 3. The van der Waals surface area contributed by atoms with Crippen LogP contribution in [0.25, 0.3) is 0 Å². The molecule has 1 aliphatic heterocycles. The van der Waals surface area contributed by atoms with Gasteiger partial charge in [0.15, 0.2) is 0 Å². The van der Waals surface area contributed by atoms with Crippen LogP contribution in [-0.4, -0.2) is 29.0 Å². The summed E-state index contributed by atoms with van der Waals surface area (Å²) in [5.41, 5.74) is 8.25. The fourth-order valence-electron chi connectivity index (χ4n) is 1.93. The van der Waals surface area contributed by atoms with Crippen LogP contribution in [0.4, 0.5) is 0 Å². The minimum Gasteiger partial charge on any atom is -0.328 e. The van der Waals surface area contributed by atoms with Gasteiger partial charge in [-0.05, 0) is 31.4 Å². The number of piperidine rings is 1. The van der Waals surface area contributed by atoms with E-state index in [2.05, 4.69) is 28.9 Å². The Bertz CT molecular complexity index is 299. The van der Waals surface area contributed by atoms with E-state index in [0.717, 1.165) is 38.2 Å². The zero-order valence-corrected chi connectivity index (χ0v) is 9.32. The van der Waals surface area contributed by atoms with Crippen LogP contribution in [0.1, 0.15) is 24.1 Å². The van der Waals surface area contributed by atoms with Crippen molar-refractivity contribution in [1.82, 2.24) is 9.88 Å². The van der Waals surface area contributed by atoms with Crippen LogP contribution in [0.5, 0.6) is 0 Å². The second-order valence-corrected chi connectivity index (χ2v) is 4.44. The van der Waals surface area contributed by atoms with Gasteiger partial charge in [-0.25, -0.2) is 0 Å². The third kappa shape index (κ3) is 3.01. The maximum absolute atomic E-state index is 5.87. The lowest BCUT2D eigenvalue weighted by molar-refractivity contribution is 0.203. The highest BCUT2D eigenvalue weighted by atomic mass is 15.1. The highest BCUT2D eigenvalue weighted by molar-refractivity contribution is 5.12. The Morgan fingerprint density at radius 3 is 2.73 bits per heavy atom. The molecule has 0 aliphatic carbocycles. The summed E-state index contributed by atoms with van der Waals surface area (Å²) in [6, 6.07) is 4.65. The molecule has 2 N–H and O–H groups in total. The van der Waals surface area contributed by atoms with Crippen LogP contribution < -0.4 is 5.73 Å². The topological polar surface area (TPSA) is 42.1 Å². The van der Waals surface area contributed by atoms with Crippen molar-refractivity contribution in [2.75, 3.05) is 13.1 Å².